The lowest BCUT2D eigenvalue weighted by molar-refractivity contribution is -0.128. The summed E-state index contributed by atoms with van der Waals surface area (Å²) < 4.78 is 57.2. The molecule has 4 N–H and O–H groups in total. The molecule has 0 bridgehead atoms. The van der Waals surface area contributed by atoms with Gasteiger partial charge < -0.3 is 16.4 Å². The molecule has 38 heavy (non-hydrogen) atoms. The zero-order valence-corrected chi connectivity index (χ0v) is 21.5. The average molecular weight is 554 g/mol. The number of nitrogens with one attached hydrogen (secondary N) is 2. The highest BCUT2D eigenvalue weighted by molar-refractivity contribution is 6.33. The second-order valence-electron chi connectivity index (χ2n) is 10.5. The molecule has 0 spiro atoms. The van der Waals surface area contributed by atoms with Gasteiger partial charge in [-0.3, -0.25) is 9.36 Å². The molecule has 0 saturated heterocycles. The molecule has 0 aliphatic heterocycles. The second-order valence-corrected chi connectivity index (χ2v) is 10.9. The van der Waals surface area contributed by atoms with Crippen LogP contribution in [0.1, 0.15) is 64.3 Å². The number of nitrogens with two attached hydrogens (primary N) is 1. The molecule has 2 aliphatic carbocycles. The maximum absolute atomic E-state index is 14.6. The van der Waals surface area contributed by atoms with Gasteiger partial charge in [-0.1, -0.05) is 18.5 Å². The molecule has 2 aromatic heterocycles. The van der Waals surface area contributed by atoms with Crippen molar-refractivity contribution in [3.8, 4) is 0 Å². The fourth-order valence-corrected chi connectivity index (χ4v) is 5.52. The molecular formula is C25H28ClF4N7O. The maximum atomic E-state index is 14.6. The Bertz CT molecular complexity index is 1340. The van der Waals surface area contributed by atoms with Gasteiger partial charge in [0.2, 0.25) is 23.7 Å². The van der Waals surface area contributed by atoms with Gasteiger partial charge in [-0.25, -0.2) is 27.5 Å². The van der Waals surface area contributed by atoms with Gasteiger partial charge in [0.05, 0.1) is 16.9 Å². The average Bonchev–Trinajstić information content (AvgIpc) is 3.20. The topological polar surface area (TPSA) is 111 Å². The van der Waals surface area contributed by atoms with Crippen molar-refractivity contribution in [2.45, 2.75) is 76.3 Å². The van der Waals surface area contributed by atoms with Crippen LogP contribution in [0.4, 0.5) is 35.1 Å². The number of alkyl halides is 2. The number of hydrogen-bond donors (Lipinski definition) is 3. The molecule has 1 amide bonds. The number of aromatic nitrogens is 4. The van der Waals surface area contributed by atoms with E-state index in [0.29, 0.717) is 36.8 Å². The van der Waals surface area contributed by atoms with E-state index in [-0.39, 0.29) is 66.3 Å². The lowest BCUT2D eigenvalue weighted by Crippen LogP contribution is -2.38. The van der Waals surface area contributed by atoms with Crippen molar-refractivity contribution < 1.29 is 22.4 Å². The van der Waals surface area contributed by atoms with Crippen LogP contribution in [0.3, 0.4) is 0 Å². The van der Waals surface area contributed by atoms with E-state index < -0.39 is 23.0 Å². The smallest absolute Gasteiger partial charge is 0.248 e. The Kier molecular flexibility index (Phi) is 6.87. The van der Waals surface area contributed by atoms with E-state index >= 15 is 0 Å². The SMILES string of the molecule is C[C@]1(C(N)=O)CC[C@H](n2c(Nc3c(F)cc(F)cc3Cl)nc3cnc(NC4CCC(F)(F)CC4)nc32)CC1. The van der Waals surface area contributed by atoms with Crippen LogP contribution < -0.4 is 16.4 Å². The first-order valence-electron chi connectivity index (χ1n) is 12.5. The molecule has 0 radical (unpaired) electrons. The molecule has 204 valence electrons. The first-order valence-corrected chi connectivity index (χ1v) is 12.9. The summed E-state index contributed by atoms with van der Waals surface area (Å²) in [6, 6.07) is 1.34. The number of halogens is 5. The van der Waals surface area contributed by atoms with Gasteiger partial charge in [-0.05, 0) is 44.6 Å². The minimum absolute atomic E-state index is 0.142. The highest BCUT2D eigenvalue weighted by atomic mass is 35.5. The second kappa shape index (κ2) is 9.87. The molecule has 1 aromatic carbocycles. The summed E-state index contributed by atoms with van der Waals surface area (Å²) in [5, 5.41) is 5.88. The number of carbonyl (C=O) groups excluding carboxylic acids is 1. The Balaban J connectivity index is 1.50. The van der Waals surface area contributed by atoms with Crippen LogP contribution in [-0.2, 0) is 4.79 Å². The summed E-state index contributed by atoms with van der Waals surface area (Å²) in [7, 11) is 0. The first-order chi connectivity index (χ1) is 17.9. The quantitative estimate of drug-likeness (QED) is 0.318. The number of benzene rings is 1. The molecule has 5 rings (SSSR count). The normalized spacial score (nSPS) is 23.9. The minimum Gasteiger partial charge on any atom is -0.369 e. The van der Waals surface area contributed by atoms with E-state index in [1.54, 1.807) is 4.57 Å². The van der Waals surface area contributed by atoms with Gasteiger partial charge in [0, 0.05) is 36.4 Å². The summed E-state index contributed by atoms with van der Waals surface area (Å²) in [5.41, 5.74) is 5.70. The molecule has 2 fully saturated rings. The molecule has 2 aliphatic rings. The highest BCUT2D eigenvalue weighted by Gasteiger charge is 2.38. The van der Waals surface area contributed by atoms with E-state index in [1.807, 2.05) is 6.92 Å². The summed E-state index contributed by atoms with van der Waals surface area (Å²) in [4.78, 5) is 25.5. The van der Waals surface area contributed by atoms with Gasteiger partial charge in [0.15, 0.2) is 11.5 Å². The molecule has 0 unspecified atom stereocenters. The van der Waals surface area contributed by atoms with Crippen LogP contribution in [0.2, 0.25) is 5.02 Å². The third kappa shape index (κ3) is 5.23. The summed E-state index contributed by atoms with van der Waals surface area (Å²) in [6.45, 7) is 1.84. The lowest BCUT2D eigenvalue weighted by atomic mass is 9.73. The number of hydrogen-bond acceptors (Lipinski definition) is 6. The Morgan fingerprint density at radius 2 is 1.79 bits per heavy atom. The minimum atomic E-state index is -2.65. The molecular weight excluding hydrogens is 526 g/mol. The van der Waals surface area contributed by atoms with Crippen molar-refractivity contribution in [2.75, 3.05) is 10.6 Å². The first kappa shape index (κ1) is 26.5. The van der Waals surface area contributed by atoms with Crippen LogP contribution in [0.15, 0.2) is 18.3 Å². The van der Waals surface area contributed by atoms with E-state index in [0.717, 1.165) is 12.1 Å². The van der Waals surface area contributed by atoms with Gasteiger partial charge in [-0.15, -0.1) is 0 Å². The number of carbonyl (C=O) groups is 1. The third-order valence-corrected chi connectivity index (χ3v) is 8.04. The van der Waals surface area contributed by atoms with Gasteiger partial charge in [0.25, 0.3) is 0 Å². The van der Waals surface area contributed by atoms with Gasteiger partial charge in [-0.2, -0.15) is 4.98 Å². The third-order valence-electron chi connectivity index (χ3n) is 7.75. The van der Waals surface area contributed by atoms with E-state index in [4.69, 9.17) is 17.3 Å². The number of amides is 1. The van der Waals surface area contributed by atoms with Crippen molar-refractivity contribution >= 4 is 46.3 Å². The van der Waals surface area contributed by atoms with Crippen molar-refractivity contribution in [1.29, 1.82) is 0 Å². The molecule has 0 atom stereocenters. The van der Waals surface area contributed by atoms with Crippen molar-refractivity contribution in [3.63, 3.8) is 0 Å². The van der Waals surface area contributed by atoms with Crippen molar-refractivity contribution in [1.82, 2.24) is 19.5 Å². The Labute approximate surface area is 221 Å². The molecule has 13 heteroatoms. The highest BCUT2D eigenvalue weighted by Crippen LogP contribution is 2.43. The predicted octanol–water partition coefficient (Wildman–Crippen LogP) is 6.10. The van der Waals surface area contributed by atoms with E-state index in [9.17, 15) is 22.4 Å². The summed E-state index contributed by atoms with van der Waals surface area (Å²) in [6.07, 6.45) is 3.88. The zero-order chi connectivity index (χ0) is 27.2. The van der Waals surface area contributed by atoms with Crippen LogP contribution in [-0.4, -0.2) is 37.4 Å². The van der Waals surface area contributed by atoms with Crippen molar-refractivity contribution in [3.05, 3.63) is 35.0 Å². The van der Waals surface area contributed by atoms with Crippen LogP contribution in [0.5, 0.6) is 0 Å². The molecule has 8 nitrogen and oxygen atoms in total. The predicted molar refractivity (Wildman–Crippen MR) is 136 cm³/mol. The number of imidazole rings is 1. The maximum Gasteiger partial charge on any atom is 0.248 e. The Morgan fingerprint density at radius 3 is 2.42 bits per heavy atom. The molecule has 2 heterocycles. The summed E-state index contributed by atoms with van der Waals surface area (Å²) in [5.74, 6) is -4.22. The van der Waals surface area contributed by atoms with Gasteiger partial charge >= 0.3 is 0 Å². The van der Waals surface area contributed by atoms with Crippen LogP contribution >= 0.6 is 11.6 Å². The number of fused-ring (bicyclic) bond motifs is 1. The molecule has 2 saturated carbocycles. The molecule has 3 aromatic rings. The largest absolute Gasteiger partial charge is 0.369 e. The Morgan fingerprint density at radius 1 is 1.11 bits per heavy atom. The van der Waals surface area contributed by atoms with Crippen LogP contribution in [0, 0.1) is 17.0 Å². The number of rotatable bonds is 6. The lowest BCUT2D eigenvalue weighted by Gasteiger charge is -2.35. The zero-order valence-electron chi connectivity index (χ0n) is 20.7. The van der Waals surface area contributed by atoms with E-state index in [1.165, 1.54) is 6.20 Å². The van der Waals surface area contributed by atoms with E-state index in [2.05, 4.69) is 25.6 Å². The number of primary amides is 1. The fraction of sp³-hybridized carbons (Fsp3) is 0.520. The van der Waals surface area contributed by atoms with Crippen molar-refractivity contribution in [2.24, 2.45) is 11.1 Å². The van der Waals surface area contributed by atoms with Gasteiger partial charge in [0.1, 0.15) is 11.3 Å². The Hall–Kier alpha value is -3.15. The summed E-state index contributed by atoms with van der Waals surface area (Å²) >= 11 is 6.13. The standard InChI is InChI=1S/C25H28ClF4N7O/c1-24(21(31)38)6-4-15(5-7-24)37-20-18(34-23(37)35-19-16(26)10-13(27)11-17(19)28)12-32-22(36-20)33-14-2-8-25(29,30)9-3-14/h10-12,14-15H,2-9H2,1H3,(H2,31,38)(H,34,35)(H,32,33,36)/t15-,24-. The van der Waals surface area contributed by atoms with Crippen LogP contribution in [0.25, 0.3) is 11.2 Å². The fourth-order valence-electron chi connectivity index (χ4n) is 5.28. The monoisotopic (exact) mass is 553 g/mol. The number of anilines is 3. The number of nitrogens with zero attached hydrogens (tertiary/aromatic N) is 4.